The summed E-state index contributed by atoms with van der Waals surface area (Å²) in [7, 11) is 0. The van der Waals surface area contributed by atoms with E-state index in [1.54, 1.807) is 0 Å². The third-order valence-corrected chi connectivity index (χ3v) is 4.11. The van der Waals surface area contributed by atoms with Crippen molar-refractivity contribution < 1.29 is 14.6 Å². The lowest BCUT2D eigenvalue weighted by atomic mass is 9.84. The molecule has 0 aliphatic carbocycles. The molecule has 0 aromatic rings. The molecular weight excluding hydrogens is 230 g/mol. The summed E-state index contributed by atoms with van der Waals surface area (Å²) in [5, 5.41) is 13.1. The smallest absolute Gasteiger partial charge is 0.0741 e. The summed E-state index contributed by atoms with van der Waals surface area (Å²) >= 11 is 0. The maximum absolute atomic E-state index is 9.41. The number of hydrogen-bond acceptors (Lipinski definition) is 4. The minimum Gasteiger partial charge on any atom is -0.393 e. The van der Waals surface area contributed by atoms with Crippen LogP contribution in [0.1, 0.15) is 46.0 Å². The van der Waals surface area contributed by atoms with Crippen LogP contribution < -0.4 is 5.32 Å². The molecule has 4 heteroatoms. The number of aliphatic hydroxyl groups is 1. The van der Waals surface area contributed by atoms with Crippen molar-refractivity contribution in [2.24, 2.45) is 0 Å². The van der Waals surface area contributed by atoms with Crippen LogP contribution in [0.4, 0.5) is 0 Å². The molecule has 1 spiro atoms. The summed E-state index contributed by atoms with van der Waals surface area (Å²) in [6.07, 6.45) is 4.79. The summed E-state index contributed by atoms with van der Waals surface area (Å²) in [5.41, 5.74) is 0.0543. The van der Waals surface area contributed by atoms with Gasteiger partial charge in [0.15, 0.2) is 0 Å². The summed E-state index contributed by atoms with van der Waals surface area (Å²) in [4.78, 5) is 0. The number of ether oxygens (including phenoxy) is 2. The second-order valence-corrected chi connectivity index (χ2v) is 5.99. The fraction of sp³-hybridized carbons (Fsp3) is 1.00. The molecule has 2 rings (SSSR count). The van der Waals surface area contributed by atoms with Crippen molar-refractivity contribution in [1.29, 1.82) is 0 Å². The molecular formula is C14H27NO3. The van der Waals surface area contributed by atoms with Crippen LogP contribution in [0.5, 0.6) is 0 Å². The maximum atomic E-state index is 9.41. The van der Waals surface area contributed by atoms with E-state index in [1.807, 2.05) is 6.92 Å². The van der Waals surface area contributed by atoms with Gasteiger partial charge in [0, 0.05) is 31.9 Å². The Labute approximate surface area is 110 Å². The zero-order valence-corrected chi connectivity index (χ0v) is 11.7. The maximum Gasteiger partial charge on any atom is 0.0741 e. The van der Waals surface area contributed by atoms with Crippen LogP contribution in [0.15, 0.2) is 0 Å². The lowest BCUT2D eigenvalue weighted by molar-refractivity contribution is -0.140. The molecule has 0 radical (unpaired) electrons. The van der Waals surface area contributed by atoms with Gasteiger partial charge in [-0.2, -0.15) is 0 Å². The Kier molecular flexibility index (Phi) is 5.01. The zero-order valence-electron chi connectivity index (χ0n) is 11.7. The average Bonchev–Trinajstić information content (AvgIpc) is 2.28. The lowest BCUT2D eigenvalue weighted by Gasteiger charge is -2.44. The van der Waals surface area contributed by atoms with Crippen LogP contribution in [-0.4, -0.2) is 48.7 Å². The Morgan fingerprint density at radius 3 is 2.67 bits per heavy atom. The van der Waals surface area contributed by atoms with E-state index in [1.165, 1.54) is 0 Å². The third-order valence-electron chi connectivity index (χ3n) is 4.11. The molecule has 4 nitrogen and oxygen atoms in total. The molecule has 106 valence electrons. The Morgan fingerprint density at radius 2 is 2.00 bits per heavy atom. The second kappa shape index (κ2) is 6.33. The van der Waals surface area contributed by atoms with Crippen LogP contribution >= 0.6 is 0 Å². The number of aliphatic hydroxyl groups excluding tert-OH is 1. The third kappa shape index (κ3) is 3.92. The van der Waals surface area contributed by atoms with Gasteiger partial charge in [0.25, 0.3) is 0 Å². The lowest BCUT2D eigenvalue weighted by Crippen LogP contribution is -2.51. The highest BCUT2D eigenvalue weighted by molar-refractivity contribution is 4.92. The largest absolute Gasteiger partial charge is 0.393 e. The summed E-state index contributed by atoms with van der Waals surface area (Å²) in [6, 6.07) is 0.885. The fourth-order valence-corrected chi connectivity index (χ4v) is 3.24. The Balaban J connectivity index is 1.82. The van der Waals surface area contributed by atoms with E-state index in [2.05, 4.69) is 12.2 Å². The molecule has 2 heterocycles. The van der Waals surface area contributed by atoms with Gasteiger partial charge < -0.3 is 19.9 Å². The van der Waals surface area contributed by atoms with Crippen molar-refractivity contribution in [3.63, 3.8) is 0 Å². The number of rotatable bonds is 4. The minimum atomic E-state index is -0.232. The van der Waals surface area contributed by atoms with Crippen LogP contribution in [0, 0.1) is 0 Å². The summed E-state index contributed by atoms with van der Waals surface area (Å²) in [6.45, 7) is 6.51. The topological polar surface area (TPSA) is 50.7 Å². The van der Waals surface area contributed by atoms with Gasteiger partial charge in [-0.1, -0.05) is 0 Å². The minimum absolute atomic E-state index is 0.0543. The fourth-order valence-electron chi connectivity index (χ4n) is 3.24. The first-order valence-corrected chi connectivity index (χ1v) is 7.25. The first kappa shape index (κ1) is 14.3. The highest BCUT2D eigenvalue weighted by Gasteiger charge is 2.39. The number of nitrogens with one attached hydrogen (secondary N) is 1. The summed E-state index contributed by atoms with van der Waals surface area (Å²) in [5.74, 6) is 0. The molecule has 2 aliphatic heterocycles. The van der Waals surface area contributed by atoms with Gasteiger partial charge in [-0.3, -0.25) is 0 Å². The predicted octanol–water partition coefficient (Wildman–Crippen LogP) is 1.46. The number of hydrogen-bond donors (Lipinski definition) is 2. The van der Waals surface area contributed by atoms with E-state index >= 15 is 0 Å². The van der Waals surface area contributed by atoms with Crippen LogP contribution in [0.3, 0.4) is 0 Å². The van der Waals surface area contributed by atoms with Gasteiger partial charge in [0.05, 0.1) is 11.7 Å². The highest BCUT2D eigenvalue weighted by atomic mass is 16.5. The van der Waals surface area contributed by atoms with E-state index in [9.17, 15) is 5.11 Å². The molecule has 3 atom stereocenters. The molecule has 0 aromatic heterocycles. The molecule has 0 saturated carbocycles. The molecule has 2 saturated heterocycles. The Bertz CT molecular complexity index is 246. The van der Waals surface area contributed by atoms with Crippen molar-refractivity contribution >= 4 is 0 Å². The average molecular weight is 257 g/mol. The molecule has 0 bridgehead atoms. The SMILES string of the molecule is CC(O)CC(C)NC1CCOC2(CCOCC2)C1. The highest BCUT2D eigenvalue weighted by Crippen LogP contribution is 2.34. The van der Waals surface area contributed by atoms with E-state index in [0.717, 1.165) is 51.9 Å². The van der Waals surface area contributed by atoms with Crippen molar-refractivity contribution in [1.82, 2.24) is 5.32 Å². The molecule has 0 aromatic carbocycles. The molecule has 18 heavy (non-hydrogen) atoms. The van der Waals surface area contributed by atoms with Gasteiger partial charge in [-0.15, -0.1) is 0 Å². The first-order valence-electron chi connectivity index (χ1n) is 7.25. The van der Waals surface area contributed by atoms with Gasteiger partial charge in [-0.05, 0) is 46.0 Å². The molecule has 2 fully saturated rings. The first-order chi connectivity index (χ1) is 8.60. The monoisotopic (exact) mass is 257 g/mol. The van der Waals surface area contributed by atoms with Crippen molar-refractivity contribution in [2.75, 3.05) is 19.8 Å². The standard InChI is InChI=1S/C14H27NO3/c1-11(9-12(2)16)15-13-3-6-18-14(10-13)4-7-17-8-5-14/h11-13,15-16H,3-10H2,1-2H3. The molecule has 2 N–H and O–H groups in total. The quantitative estimate of drug-likeness (QED) is 0.800. The Hall–Kier alpha value is -0.160. The van der Waals surface area contributed by atoms with Crippen LogP contribution in [0.2, 0.25) is 0 Å². The second-order valence-electron chi connectivity index (χ2n) is 5.99. The molecule has 0 amide bonds. The van der Waals surface area contributed by atoms with Gasteiger partial charge in [0.1, 0.15) is 0 Å². The van der Waals surface area contributed by atoms with Gasteiger partial charge in [0.2, 0.25) is 0 Å². The normalized spacial score (nSPS) is 31.2. The van der Waals surface area contributed by atoms with Crippen molar-refractivity contribution in [3.05, 3.63) is 0 Å². The van der Waals surface area contributed by atoms with Crippen LogP contribution in [-0.2, 0) is 9.47 Å². The molecule has 3 unspecified atom stereocenters. The van der Waals surface area contributed by atoms with Crippen molar-refractivity contribution in [2.45, 2.75) is 69.7 Å². The van der Waals surface area contributed by atoms with Crippen LogP contribution in [0.25, 0.3) is 0 Å². The van der Waals surface area contributed by atoms with E-state index in [4.69, 9.17) is 9.47 Å². The van der Waals surface area contributed by atoms with E-state index in [0.29, 0.717) is 12.1 Å². The van der Waals surface area contributed by atoms with E-state index in [-0.39, 0.29) is 11.7 Å². The Morgan fingerprint density at radius 1 is 1.28 bits per heavy atom. The van der Waals surface area contributed by atoms with Gasteiger partial charge >= 0.3 is 0 Å². The van der Waals surface area contributed by atoms with Crippen molar-refractivity contribution in [3.8, 4) is 0 Å². The zero-order chi connectivity index (χ0) is 13.0. The summed E-state index contributed by atoms with van der Waals surface area (Å²) < 4.78 is 11.5. The predicted molar refractivity (Wildman–Crippen MR) is 70.7 cm³/mol. The van der Waals surface area contributed by atoms with E-state index < -0.39 is 0 Å². The molecule has 2 aliphatic rings. The van der Waals surface area contributed by atoms with Gasteiger partial charge in [-0.25, -0.2) is 0 Å².